The third kappa shape index (κ3) is 2.99. The Labute approximate surface area is 128 Å². The van der Waals surface area contributed by atoms with Crippen molar-refractivity contribution < 1.29 is 0 Å². The van der Waals surface area contributed by atoms with E-state index in [1.165, 1.54) is 0 Å². The van der Waals surface area contributed by atoms with Crippen molar-refractivity contribution in [3.8, 4) is 0 Å². The summed E-state index contributed by atoms with van der Waals surface area (Å²) in [5, 5.41) is 3.88. The molecule has 0 saturated carbocycles. The maximum absolute atomic E-state index is 6.04. The van der Waals surface area contributed by atoms with Crippen LogP contribution in [-0.4, -0.2) is 0 Å². The van der Waals surface area contributed by atoms with Crippen LogP contribution < -0.4 is 11.1 Å². The Morgan fingerprint density at radius 2 is 1.83 bits per heavy atom. The largest absolute Gasteiger partial charge is 0.398 e. The molecule has 0 radical (unpaired) electrons. The zero-order valence-corrected chi connectivity index (χ0v) is 13.5. The smallest absolute Gasteiger partial charge is 0.0656 e. The van der Waals surface area contributed by atoms with Gasteiger partial charge in [-0.1, -0.05) is 27.5 Å². The average molecular weight is 391 g/mol. The standard InChI is InChI=1S/C13H11Br2ClN2/c1-7-4-11(17)10(16)6-12(7)18-13-5-8(14)2-3-9(13)15/h2-6,18H,17H2,1H3. The number of halogens is 3. The van der Waals surface area contributed by atoms with Crippen LogP contribution in [0.3, 0.4) is 0 Å². The summed E-state index contributed by atoms with van der Waals surface area (Å²) in [7, 11) is 0. The molecule has 94 valence electrons. The van der Waals surface area contributed by atoms with E-state index >= 15 is 0 Å². The molecular formula is C13H11Br2ClN2. The van der Waals surface area contributed by atoms with E-state index in [0.717, 1.165) is 25.9 Å². The van der Waals surface area contributed by atoms with E-state index in [2.05, 4.69) is 37.2 Å². The van der Waals surface area contributed by atoms with Gasteiger partial charge in [0.2, 0.25) is 0 Å². The van der Waals surface area contributed by atoms with E-state index in [0.29, 0.717) is 10.7 Å². The van der Waals surface area contributed by atoms with Gasteiger partial charge in [-0.2, -0.15) is 0 Å². The van der Waals surface area contributed by atoms with Gasteiger partial charge in [-0.25, -0.2) is 0 Å². The molecule has 0 unspecified atom stereocenters. The van der Waals surface area contributed by atoms with Gasteiger partial charge in [0.1, 0.15) is 0 Å². The summed E-state index contributed by atoms with van der Waals surface area (Å²) in [4.78, 5) is 0. The predicted molar refractivity (Wildman–Crippen MR) is 85.7 cm³/mol. The van der Waals surface area contributed by atoms with Crippen molar-refractivity contribution in [3.63, 3.8) is 0 Å². The van der Waals surface area contributed by atoms with E-state index in [1.807, 2.05) is 37.3 Å². The SMILES string of the molecule is Cc1cc(N)c(Cl)cc1Nc1cc(Br)ccc1Br. The first-order valence-electron chi connectivity index (χ1n) is 5.25. The van der Waals surface area contributed by atoms with Gasteiger partial charge >= 0.3 is 0 Å². The van der Waals surface area contributed by atoms with E-state index in [4.69, 9.17) is 17.3 Å². The van der Waals surface area contributed by atoms with Gasteiger partial charge in [0.25, 0.3) is 0 Å². The number of nitrogen functional groups attached to an aromatic ring is 1. The molecule has 2 rings (SSSR count). The number of benzene rings is 2. The monoisotopic (exact) mass is 388 g/mol. The molecule has 0 aliphatic heterocycles. The van der Waals surface area contributed by atoms with Crippen LogP contribution in [0.4, 0.5) is 17.1 Å². The maximum atomic E-state index is 6.04. The highest BCUT2D eigenvalue weighted by molar-refractivity contribution is 9.11. The highest BCUT2D eigenvalue weighted by Gasteiger charge is 2.06. The van der Waals surface area contributed by atoms with Crippen molar-refractivity contribution in [2.75, 3.05) is 11.1 Å². The molecule has 0 aliphatic rings. The molecule has 0 fully saturated rings. The Bertz CT molecular complexity index is 600. The molecule has 0 spiro atoms. The van der Waals surface area contributed by atoms with Gasteiger partial charge in [0.05, 0.1) is 16.4 Å². The van der Waals surface area contributed by atoms with Gasteiger partial charge < -0.3 is 11.1 Å². The van der Waals surface area contributed by atoms with Crippen LogP contribution in [0, 0.1) is 6.92 Å². The van der Waals surface area contributed by atoms with Gasteiger partial charge in [0.15, 0.2) is 0 Å². The van der Waals surface area contributed by atoms with Gasteiger partial charge in [-0.3, -0.25) is 0 Å². The molecule has 5 heteroatoms. The minimum Gasteiger partial charge on any atom is -0.398 e. The summed E-state index contributed by atoms with van der Waals surface area (Å²) >= 11 is 13.0. The van der Waals surface area contributed by atoms with Crippen LogP contribution in [0.2, 0.25) is 5.02 Å². The van der Waals surface area contributed by atoms with Gasteiger partial charge in [-0.15, -0.1) is 0 Å². The number of nitrogens with one attached hydrogen (secondary N) is 1. The minimum absolute atomic E-state index is 0.550. The molecule has 3 N–H and O–H groups in total. The van der Waals surface area contributed by atoms with Crippen LogP contribution in [0.15, 0.2) is 39.3 Å². The summed E-state index contributed by atoms with van der Waals surface area (Å²) in [6, 6.07) is 9.63. The van der Waals surface area contributed by atoms with Crippen LogP contribution >= 0.6 is 43.5 Å². The fourth-order valence-corrected chi connectivity index (χ4v) is 2.45. The number of nitrogens with two attached hydrogens (primary N) is 1. The number of hydrogen-bond donors (Lipinski definition) is 2. The normalized spacial score (nSPS) is 10.4. The molecule has 2 aromatic carbocycles. The Hall–Kier alpha value is -0.710. The molecule has 0 saturated heterocycles. The second-order valence-electron chi connectivity index (χ2n) is 3.94. The third-order valence-corrected chi connectivity index (χ3v) is 4.05. The molecule has 2 aromatic rings. The lowest BCUT2D eigenvalue weighted by Crippen LogP contribution is -1.96. The summed E-state index contributed by atoms with van der Waals surface area (Å²) in [5.74, 6) is 0. The zero-order valence-electron chi connectivity index (χ0n) is 9.60. The van der Waals surface area contributed by atoms with E-state index in [-0.39, 0.29) is 0 Å². The first kappa shape index (κ1) is 13.7. The van der Waals surface area contributed by atoms with Crippen molar-refractivity contribution >= 4 is 60.5 Å². The maximum Gasteiger partial charge on any atom is 0.0656 e. The summed E-state index contributed by atoms with van der Waals surface area (Å²) in [6.07, 6.45) is 0. The fourth-order valence-electron chi connectivity index (χ4n) is 1.58. The predicted octanol–water partition coefficient (Wildman–Crippen LogP) is 5.50. The van der Waals surface area contributed by atoms with E-state index in [1.54, 1.807) is 0 Å². The number of anilines is 3. The summed E-state index contributed by atoms with van der Waals surface area (Å²) in [6.45, 7) is 1.99. The highest BCUT2D eigenvalue weighted by Crippen LogP contribution is 2.33. The lowest BCUT2D eigenvalue weighted by molar-refractivity contribution is 1.42. The van der Waals surface area contributed by atoms with Crippen LogP contribution in [0.25, 0.3) is 0 Å². The van der Waals surface area contributed by atoms with Gasteiger partial charge in [-0.05, 0) is 58.7 Å². The first-order valence-corrected chi connectivity index (χ1v) is 7.21. The molecule has 0 amide bonds. The molecular weight excluding hydrogens is 379 g/mol. The molecule has 0 aromatic heterocycles. The Morgan fingerprint density at radius 1 is 1.11 bits per heavy atom. The van der Waals surface area contributed by atoms with Crippen molar-refractivity contribution in [1.29, 1.82) is 0 Å². The van der Waals surface area contributed by atoms with Crippen LogP contribution in [-0.2, 0) is 0 Å². The van der Waals surface area contributed by atoms with Crippen molar-refractivity contribution in [2.45, 2.75) is 6.92 Å². The quantitative estimate of drug-likeness (QED) is 0.665. The van der Waals surface area contributed by atoms with Crippen molar-refractivity contribution in [3.05, 3.63) is 49.9 Å². The topological polar surface area (TPSA) is 38.0 Å². The lowest BCUT2D eigenvalue weighted by Gasteiger charge is -2.13. The molecule has 18 heavy (non-hydrogen) atoms. The van der Waals surface area contributed by atoms with E-state index < -0.39 is 0 Å². The van der Waals surface area contributed by atoms with Crippen molar-refractivity contribution in [1.82, 2.24) is 0 Å². The average Bonchev–Trinajstić information content (AvgIpc) is 2.30. The Morgan fingerprint density at radius 3 is 2.56 bits per heavy atom. The number of hydrogen-bond acceptors (Lipinski definition) is 2. The van der Waals surface area contributed by atoms with E-state index in [9.17, 15) is 0 Å². The molecule has 2 nitrogen and oxygen atoms in total. The van der Waals surface area contributed by atoms with Crippen LogP contribution in [0.5, 0.6) is 0 Å². The number of rotatable bonds is 2. The zero-order chi connectivity index (χ0) is 13.3. The lowest BCUT2D eigenvalue weighted by atomic mass is 10.1. The minimum atomic E-state index is 0.550. The fraction of sp³-hybridized carbons (Fsp3) is 0.0769. The third-order valence-electron chi connectivity index (χ3n) is 2.54. The Balaban J connectivity index is 2.40. The molecule has 0 bridgehead atoms. The highest BCUT2D eigenvalue weighted by atomic mass is 79.9. The van der Waals surface area contributed by atoms with Crippen LogP contribution in [0.1, 0.15) is 5.56 Å². The number of aryl methyl sites for hydroxylation is 1. The summed E-state index contributed by atoms with van der Waals surface area (Å²) in [5.41, 5.74) is 9.30. The van der Waals surface area contributed by atoms with Gasteiger partial charge in [0, 0.05) is 14.6 Å². The second kappa shape index (κ2) is 5.51. The molecule has 0 atom stereocenters. The second-order valence-corrected chi connectivity index (χ2v) is 6.12. The molecule has 0 aliphatic carbocycles. The molecule has 0 heterocycles. The Kier molecular flexibility index (Phi) is 4.20. The summed E-state index contributed by atoms with van der Waals surface area (Å²) < 4.78 is 1.99. The van der Waals surface area contributed by atoms with Crippen molar-refractivity contribution in [2.24, 2.45) is 0 Å². The first-order chi connectivity index (χ1) is 8.47.